The van der Waals surface area contributed by atoms with Crippen LogP contribution in [0.5, 0.6) is 0 Å². The van der Waals surface area contributed by atoms with E-state index in [1.54, 1.807) is 4.68 Å². The van der Waals surface area contributed by atoms with E-state index in [1.165, 1.54) is 11.8 Å². The third-order valence-electron chi connectivity index (χ3n) is 4.97. The molecule has 7 heteroatoms. The molecule has 0 saturated carbocycles. The van der Waals surface area contributed by atoms with E-state index in [0.29, 0.717) is 5.82 Å². The highest BCUT2D eigenvalue weighted by molar-refractivity contribution is 8.01. The Hall–Kier alpha value is -3.06. The Labute approximate surface area is 160 Å². The van der Waals surface area contributed by atoms with Crippen LogP contribution in [0.15, 0.2) is 54.6 Å². The Bertz CT molecular complexity index is 1090. The number of rotatable bonds is 1. The summed E-state index contributed by atoms with van der Waals surface area (Å²) in [6.07, 6.45) is 0. The fraction of sp³-hybridized carbons (Fsp3) is 0.150. The van der Waals surface area contributed by atoms with Crippen LogP contribution in [-0.2, 0) is 14.3 Å². The van der Waals surface area contributed by atoms with Gasteiger partial charge in [0.1, 0.15) is 5.82 Å². The van der Waals surface area contributed by atoms with E-state index in [9.17, 15) is 9.59 Å². The molecule has 134 valence electrons. The van der Waals surface area contributed by atoms with Gasteiger partial charge in [-0.1, -0.05) is 36.4 Å². The van der Waals surface area contributed by atoms with Crippen molar-refractivity contribution < 1.29 is 9.59 Å². The molecule has 1 atom stereocenters. The monoisotopic (exact) mass is 376 g/mol. The summed E-state index contributed by atoms with van der Waals surface area (Å²) < 4.78 is 0.715. The van der Waals surface area contributed by atoms with Gasteiger partial charge in [-0.25, -0.2) is 4.68 Å². The molecule has 2 aliphatic rings. The summed E-state index contributed by atoms with van der Waals surface area (Å²) >= 11 is 1.34. The van der Waals surface area contributed by atoms with Crippen molar-refractivity contribution in [2.45, 2.75) is 11.7 Å². The van der Waals surface area contributed by atoms with Gasteiger partial charge in [-0.15, -0.1) is 11.8 Å². The van der Waals surface area contributed by atoms with E-state index < -0.39 is 4.75 Å². The van der Waals surface area contributed by atoms with Gasteiger partial charge in [-0.3, -0.25) is 9.59 Å². The smallest absolute Gasteiger partial charge is 0.250 e. The lowest BCUT2D eigenvalue weighted by atomic mass is 9.91. The Balaban J connectivity index is 1.83. The van der Waals surface area contributed by atoms with E-state index in [-0.39, 0.29) is 17.6 Å². The van der Waals surface area contributed by atoms with Gasteiger partial charge in [-0.2, -0.15) is 5.10 Å². The summed E-state index contributed by atoms with van der Waals surface area (Å²) in [6.45, 7) is 1.88. The molecule has 0 aliphatic carbocycles. The van der Waals surface area contributed by atoms with E-state index in [0.717, 1.165) is 28.2 Å². The van der Waals surface area contributed by atoms with Crippen LogP contribution >= 0.6 is 11.8 Å². The molecule has 2 aliphatic heterocycles. The molecule has 27 heavy (non-hydrogen) atoms. The van der Waals surface area contributed by atoms with E-state index in [1.807, 2.05) is 61.5 Å². The third kappa shape index (κ3) is 2.18. The number of thioether (sulfide) groups is 1. The Morgan fingerprint density at radius 1 is 1.04 bits per heavy atom. The molecule has 0 radical (unpaired) electrons. The van der Waals surface area contributed by atoms with Crippen molar-refractivity contribution in [3.63, 3.8) is 0 Å². The van der Waals surface area contributed by atoms with Crippen molar-refractivity contribution in [2.75, 3.05) is 16.4 Å². The highest BCUT2D eigenvalue weighted by Crippen LogP contribution is 2.54. The first-order chi connectivity index (χ1) is 13.1. The number of hydrogen-bond donors (Lipinski definition) is 2. The molecule has 6 nitrogen and oxygen atoms in total. The van der Waals surface area contributed by atoms with Gasteiger partial charge < -0.3 is 10.6 Å². The zero-order valence-corrected chi connectivity index (χ0v) is 15.3. The number of amides is 2. The predicted octanol–water partition coefficient (Wildman–Crippen LogP) is 3.06. The first-order valence-electron chi connectivity index (χ1n) is 8.61. The summed E-state index contributed by atoms with van der Waals surface area (Å²) in [5.41, 5.74) is 3.94. The lowest BCUT2D eigenvalue weighted by Crippen LogP contribution is -2.33. The summed E-state index contributed by atoms with van der Waals surface area (Å²) in [7, 11) is 0. The summed E-state index contributed by atoms with van der Waals surface area (Å²) in [5.74, 6) is 0.458. The van der Waals surface area contributed by atoms with Crippen molar-refractivity contribution in [3.05, 3.63) is 71.4 Å². The van der Waals surface area contributed by atoms with Crippen LogP contribution in [0.4, 0.5) is 11.5 Å². The maximum atomic E-state index is 13.2. The number of nitrogens with one attached hydrogen (secondary N) is 2. The molecule has 0 bridgehead atoms. The van der Waals surface area contributed by atoms with E-state index in [4.69, 9.17) is 0 Å². The summed E-state index contributed by atoms with van der Waals surface area (Å²) in [5, 5.41) is 10.6. The minimum atomic E-state index is -0.998. The van der Waals surface area contributed by atoms with Crippen molar-refractivity contribution in [1.82, 2.24) is 9.78 Å². The van der Waals surface area contributed by atoms with Crippen LogP contribution in [-0.4, -0.2) is 27.3 Å². The molecule has 3 heterocycles. The normalized spacial score (nSPS) is 20.6. The number of benzene rings is 2. The lowest BCUT2D eigenvalue weighted by Gasteiger charge is -2.25. The first-order valence-corrected chi connectivity index (χ1v) is 9.60. The van der Waals surface area contributed by atoms with Crippen molar-refractivity contribution >= 4 is 35.1 Å². The highest BCUT2D eigenvalue weighted by Gasteiger charge is 2.53. The number of carbonyl (C=O) groups is 2. The molecule has 1 unspecified atom stereocenters. The van der Waals surface area contributed by atoms with Gasteiger partial charge in [0.15, 0.2) is 4.75 Å². The van der Waals surface area contributed by atoms with Crippen LogP contribution in [0.3, 0.4) is 0 Å². The van der Waals surface area contributed by atoms with E-state index in [2.05, 4.69) is 15.7 Å². The lowest BCUT2D eigenvalue weighted by molar-refractivity contribution is -0.117. The SMILES string of the molecule is Cc1nn(-c2ccccc2)c2c1C1(SCC(=O)N2)C(=O)Nc2ccccc21. The number of hydrogen-bond acceptors (Lipinski definition) is 4. The van der Waals surface area contributed by atoms with Crippen molar-refractivity contribution in [2.24, 2.45) is 0 Å². The van der Waals surface area contributed by atoms with Crippen LogP contribution in [0.2, 0.25) is 0 Å². The van der Waals surface area contributed by atoms with Crippen LogP contribution in [0.25, 0.3) is 5.69 Å². The number of para-hydroxylation sites is 2. The zero-order chi connectivity index (χ0) is 18.6. The molecule has 5 rings (SSSR count). The molecule has 0 fully saturated rings. The number of aryl methyl sites for hydroxylation is 1. The van der Waals surface area contributed by atoms with E-state index >= 15 is 0 Å². The van der Waals surface area contributed by atoms with Crippen LogP contribution in [0, 0.1) is 6.92 Å². The number of carbonyl (C=O) groups excluding carboxylic acids is 2. The first kappa shape index (κ1) is 16.1. The number of fused-ring (bicyclic) bond motifs is 4. The third-order valence-corrected chi connectivity index (χ3v) is 6.41. The minimum Gasteiger partial charge on any atom is -0.324 e. The fourth-order valence-electron chi connectivity index (χ4n) is 3.86. The molecule has 3 aromatic rings. The van der Waals surface area contributed by atoms with Crippen molar-refractivity contribution in [3.8, 4) is 5.69 Å². The molecule has 2 amide bonds. The molecule has 2 N–H and O–H groups in total. The fourth-order valence-corrected chi connectivity index (χ4v) is 5.18. The van der Waals surface area contributed by atoms with Gasteiger partial charge in [-0.05, 0) is 25.1 Å². The van der Waals surface area contributed by atoms with Crippen LogP contribution in [0.1, 0.15) is 16.8 Å². The van der Waals surface area contributed by atoms with Gasteiger partial charge in [0.25, 0.3) is 0 Å². The second-order valence-electron chi connectivity index (χ2n) is 6.57. The largest absolute Gasteiger partial charge is 0.324 e. The number of aromatic nitrogens is 2. The Morgan fingerprint density at radius 2 is 1.78 bits per heavy atom. The van der Waals surface area contributed by atoms with Gasteiger partial charge >= 0.3 is 0 Å². The molecule has 1 aromatic heterocycles. The second kappa shape index (κ2) is 5.72. The maximum absolute atomic E-state index is 13.2. The Kier molecular flexibility index (Phi) is 3.42. The number of nitrogens with zero attached hydrogens (tertiary/aromatic N) is 2. The topological polar surface area (TPSA) is 76.0 Å². The quantitative estimate of drug-likeness (QED) is 0.684. The van der Waals surface area contributed by atoms with Gasteiger partial charge in [0, 0.05) is 16.8 Å². The molecule has 1 spiro atoms. The predicted molar refractivity (Wildman–Crippen MR) is 105 cm³/mol. The maximum Gasteiger partial charge on any atom is 0.250 e. The zero-order valence-electron chi connectivity index (χ0n) is 14.5. The average molecular weight is 376 g/mol. The van der Waals surface area contributed by atoms with Crippen molar-refractivity contribution in [1.29, 1.82) is 0 Å². The summed E-state index contributed by atoms with van der Waals surface area (Å²) in [4.78, 5) is 25.7. The molecule has 2 aromatic carbocycles. The van der Waals surface area contributed by atoms with Gasteiger partial charge in [0.05, 0.1) is 17.1 Å². The Morgan fingerprint density at radius 3 is 2.59 bits per heavy atom. The number of anilines is 2. The molecule has 0 saturated heterocycles. The average Bonchev–Trinajstić information content (AvgIpc) is 3.08. The second-order valence-corrected chi connectivity index (χ2v) is 7.76. The molecular formula is C20H16N4O2S. The van der Waals surface area contributed by atoms with Gasteiger partial charge in [0.2, 0.25) is 11.8 Å². The summed E-state index contributed by atoms with van der Waals surface area (Å²) in [6, 6.07) is 17.2. The standard InChI is InChI=1S/C20H16N4O2S/c1-12-17-18(24(23-12)13-7-3-2-4-8-13)22-16(25)11-27-20(17)14-9-5-6-10-15(14)21-19(20)26/h2-10H,11H2,1H3,(H,21,26)(H,22,25). The highest BCUT2D eigenvalue weighted by atomic mass is 32.2. The molecular weight excluding hydrogens is 360 g/mol. The van der Waals surface area contributed by atoms with Crippen LogP contribution < -0.4 is 10.6 Å². The minimum absolute atomic E-state index is 0.137.